The number of carbonyl (C=O) groups excluding carboxylic acids is 1. The summed E-state index contributed by atoms with van der Waals surface area (Å²) in [4.78, 5) is 11.4. The summed E-state index contributed by atoms with van der Waals surface area (Å²) in [6.07, 6.45) is 0. The number of benzene rings is 1. The maximum Gasteiger partial charge on any atom is 0.446 e. The van der Waals surface area contributed by atoms with Gasteiger partial charge in [-0.2, -0.15) is 18.4 Å². The van der Waals surface area contributed by atoms with Crippen LogP contribution in [0.4, 0.5) is 13.2 Å². The molecule has 0 aromatic heterocycles. The van der Waals surface area contributed by atoms with E-state index >= 15 is 0 Å². The number of nitriles is 1. The van der Waals surface area contributed by atoms with Crippen LogP contribution in [0.2, 0.25) is 0 Å². The third-order valence-corrected chi connectivity index (χ3v) is 2.94. The molecule has 1 aromatic carbocycles. The molecule has 4 nitrogen and oxygen atoms in total. The first kappa shape index (κ1) is 16.2. The summed E-state index contributed by atoms with van der Waals surface area (Å²) in [5.41, 5.74) is -5.00. The molecule has 0 saturated carbocycles. The quantitative estimate of drug-likeness (QED) is 0.630. The summed E-state index contributed by atoms with van der Waals surface area (Å²) in [6.45, 7) is 1.52. The van der Waals surface area contributed by atoms with Crippen LogP contribution in [0.5, 0.6) is 5.75 Å². The molecule has 0 heterocycles. The molecule has 0 amide bonds. The summed E-state index contributed by atoms with van der Waals surface area (Å²) >= 11 is -0.460. The highest BCUT2D eigenvalue weighted by molar-refractivity contribution is 8.00. The summed E-state index contributed by atoms with van der Waals surface area (Å²) < 4.78 is 47.1. The fraction of sp³-hybridized carbons (Fsp3) is 0.333. The van der Waals surface area contributed by atoms with Crippen molar-refractivity contribution < 1.29 is 27.4 Å². The van der Waals surface area contributed by atoms with Crippen LogP contribution in [-0.4, -0.2) is 25.2 Å². The number of esters is 1. The van der Waals surface area contributed by atoms with Crippen LogP contribution in [0.3, 0.4) is 0 Å². The second-order valence-corrected chi connectivity index (χ2v) is 4.51. The zero-order valence-corrected chi connectivity index (χ0v) is 11.4. The SMILES string of the molecule is CCOC(=O)c1c(SC(F)(F)F)ccc(C#N)c1OC. The Morgan fingerprint density at radius 2 is 2.10 bits per heavy atom. The van der Waals surface area contributed by atoms with E-state index in [9.17, 15) is 18.0 Å². The normalized spacial score (nSPS) is 10.8. The van der Waals surface area contributed by atoms with E-state index in [0.717, 1.165) is 12.1 Å². The van der Waals surface area contributed by atoms with E-state index < -0.39 is 28.8 Å². The molecular weight excluding hydrogens is 295 g/mol. The molecule has 0 radical (unpaired) electrons. The third-order valence-electron chi connectivity index (χ3n) is 2.15. The van der Waals surface area contributed by atoms with E-state index in [4.69, 9.17) is 14.7 Å². The van der Waals surface area contributed by atoms with Crippen molar-refractivity contribution in [1.82, 2.24) is 0 Å². The molecule has 0 atom stereocenters. The van der Waals surface area contributed by atoms with Crippen molar-refractivity contribution in [3.05, 3.63) is 23.3 Å². The van der Waals surface area contributed by atoms with Gasteiger partial charge in [0.2, 0.25) is 0 Å². The van der Waals surface area contributed by atoms with Gasteiger partial charge in [0, 0.05) is 4.90 Å². The number of ether oxygens (including phenoxy) is 2. The van der Waals surface area contributed by atoms with Crippen molar-refractivity contribution >= 4 is 17.7 Å². The molecule has 108 valence electrons. The molecule has 0 spiro atoms. The van der Waals surface area contributed by atoms with Gasteiger partial charge in [-0.25, -0.2) is 4.79 Å². The lowest BCUT2D eigenvalue weighted by molar-refractivity contribution is -0.0328. The smallest absolute Gasteiger partial charge is 0.446 e. The van der Waals surface area contributed by atoms with Crippen molar-refractivity contribution in [1.29, 1.82) is 5.26 Å². The Morgan fingerprint density at radius 3 is 2.55 bits per heavy atom. The number of hydrogen-bond donors (Lipinski definition) is 0. The molecule has 0 aliphatic rings. The summed E-state index contributed by atoms with van der Waals surface area (Å²) in [7, 11) is 1.17. The maximum atomic E-state index is 12.5. The molecule has 0 aliphatic heterocycles. The van der Waals surface area contributed by atoms with Gasteiger partial charge in [0.25, 0.3) is 0 Å². The zero-order valence-electron chi connectivity index (χ0n) is 10.6. The van der Waals surface area contributed by atoms with Gasteiger partial charge in [0.05, 0.1) is 19.3 Å². The number of nitrogens with zero attached hydrogens (tertiary/aromatic N) is 1. The van der Waals surface area contributed by atoms with Gasteiger partial charge >= 0.3 is 11.5 Å². The predicted octanol–water partition coefficient (Wildman–Crippen LogP) is 3.36. The molecule has 20 heavy (non-hydrogen) atoms. The van der Waals surface area contributed by atoms with Gasteiger partial charge in [-0.05, 0) is 30.8 Å². The number of thioether (sulfide) groups is 1. The monoisotopic (exact) mass is 305 g/mol. The molecule has 0 fully saturated rings. The lowest BCUT2D eigenvalue weighted by atomic mass is 10.1. The lowest BCUT2D eigenvalue weighted by Gasteiger charge is -2.14. The highest BCUT2D eigenvalue weighted by Crippen LogP contribution is 2.42. The average molecular weight is 305 g/mol. The van der Waals surface area contributed by atoms with Gasteiger partial charge < -0.3 is 9.47 Å². The Hall–Kier alpha value is -1.88. The molecule has 0 saturated heterocycles. The first-order valence-corrected chi connectivity index (χ1v) is 6.19. The van der Waals surface area contributed by atoms with Crippen LogP contribution in [0, 0.1) is 11.3 Å². The highest BCUT2D eigenvalue weighted by atomic mass is 32.2. The average Bonchev–Trinajstić information content (AvgIpc) is 2.36. The molecule has 8 heteroatoms. The molecule has 0 aliphatic carbocycles. The topological polar surface area (TPSA) is 59.3 Å². The fourth-order valence-corrected chi connectivity index (χ4v) is 2.13. The predicted molar refractivity (Wildman–Crippen MR) is 65.6 cm³/mol. The minimum atomic E-state index is -4.57. The fourth-order valence-electron chi connectivity index (χ4n) is 1.47. The number of halogens is 3. The van der Waals surface area contributed by atoms with E-state index in [1.165, 1.54) is 14.0 Å². The number of methoxy groups -OCH3 is 1. The van der Waals surface area contributed by atoms with Gasteiger partial charge in [0.1, 0.15) is 11.6 Å². The van der Waals surface area contributed by atoms with Crippen LogP contribution in [0.1, 0.15) is 22.8 Å². The highest BCUT2D eigenvalue weighted by Gasteiger charge is 2.33. The van der Waals surface area contributed by atoms with Crippen LogP contribution in [0.15, 0.2) is 17.0 Å². The van der Waals surface area contributed by atoms with Crippen molar-refractivity contribution in [2.75, 3.05) is 13.7 Å². The van der Waals surface area contributed by atoms with Gasteiger partial charge in [0.15, 0.2) is 5.75 Å². The van der Waals surface area contributed by atoms with E-state index in [0.29, 0.717) is 0 Å². The van der Waals surface area contributed by atoms with Gasteiger partial charge in [-0.3, -0.25) is 0 Å². The second kappa shape index (κ2) is 6.52. The zero-order chi connectivity index (χ0) is 15.3. The number of rotatable bonds is 4. The molecule has 1 aromatic rings. The van der Waals surface area contributed by atoms with Crippen LogP contribution < -0.4 is 4.74 Å². The third kappa shape index (κ3) is 3.81. The van der Waals surface area contributed by atoms with Gasteiger partial charge in [-0.15, -0.1) is 0 Å². The number of hydrogen-bond acceptors (Lipinski definition) is 5. The van der Waals surface area contributed by atoms with E-state index in [1.54, 1.807) is 6.07 Å². The first-order valence-electron chi connectivity index (χ1n) is 5.38. The van der Waals surface area contributed by atoms with Gasteiger partial charge in [-0.1, -0.05) is 0 Å². The molecule has 0 N–H and O–H groups in total. The van der Waals surface area contributed by atoms with Crippen molar-refractivity contribution in [3.63, 3.8) is 0 Å². The minimum Gasteiger partial charge on any atom is -0.494 e. The van der Waals surface area contributed by atoms with E-state index in [-0.39, 0.29) is 22.8 Å². The lowest BCUT2D eigenvalue weighted by Crippen LogP contribution is -2.11. The number of carbonyl (C=O) groups is 1. The molecule has 1 rings (SSSR count). The Balaban J connectivity index is 3.44. The minimum absolute atomic E-state index is 0.00507. The first-order chi connectivity index (χ1) is 9.34. The molecule has 0 bridgehead atoms. The van der Waals surface area contributed by atoms with Crippen LogP contribution in [0.25, 0.3) is 0 Å². The Labute approximate surface area is 117 Å². The number of alkyl halides is 3. The Morgan fingerprint density at radius 1 is 1.45 bits per heavy atom. The summed E-state index contributed by atoms with van der Waals surface area (Å²) in [6, 6.07) is 3.96. The van der Waals surface area contributed by atoms with Crippen LogP contribution >= 0.6 is 11.8 Å². The maximum absolute atomic E-state index is 12.5. The van der Waals surface area contributed by atoms with Crippen molar-refractivity contribution in [2.45, 2.75) is 17.3 Å². The molecular formula is C12H10F3NO3S. The summed E-state index contributed by atoms with van der Waals surface area (Å²) in [5, 5.41) is 8.90. The van der Waals surface area contributed by atoms with Crippen molar-refractivity contribution in [3.8, 4) is 11.8 Å². The van der Waals surface area contributed by atoms with Crippen molar-refractivity contribution in [2.24, 2.45) is 0 Å². The largest absolute Gasteiger partial charge is 0.494 e. The van der Waals surface area contributed by atoms with E-state index in [1.807, 2.05) is 0 Å². The standard InChI is InChI=1S/C12H10F3NO3S/c1-3-19-11(17)9-8(20-12(13,14)15)5-4-7(6-16)10(9)18-2/h4-5H,3H2,1-2H3. The molecule has 0 unspecified atom stereocenters. The second-order valence-electron chi connectivity index (χ2n) is 3.40. The Bertz CT molecular complexity index is 552. The van der Waals surface area contributed by atoms with E-state index in [2.05, 4.69) is 0 Å². The van der Waals surface area contributed by atoms with Crippen LogP contribution in [-0.2, 0) is 4.74 Å². The summed E-state index contributed by atoms with van der Waals surface area (Å²) in [5.74, 6) is -1.19. The Kier molecular flexibility index (Phi) is 5.27.